The third-order valence-corrected chi connectivity index (χ3v) is 4.58. The highest BCUT2D eigenvalue weighted by molar-refractivity contribution is 6.08. The fraction of sp³-hybridized carbons (Fsp3) is 0.333. The zero-order valence-electron chi connectivity index (χ0n) is 16.7. The van der Waals surface area contributed by atoms with Crippen molar-refractivity contribution in [2.75, 3.05) is 6.61 Å². The maximum absolute atomic E-state index is 12.8. The minimum Gasteiger partial charge on any atom is -0.462 e. The van der Waals surface area contributed by atoms with Crippen LogP contribution in [0, 0.1) is 5.41 Å². The molecular weight excluding hydrogens is 336 g/mol. The van der Waals surface area contributed by atoms with E-state index in [1.165, 1.54) is 0 Å². The number of rotatable bonds is 8. The molecule has 0 N–H and O–H groups in total. The van der Waals surface area contributed by atoms with Crippen LogP contribution in [0.5, 0.6) is 0 Å². The Morgan fingerprint density at radius 1 is 1.19 bits per heavy atom. The Kier molecular flexibility index (Phi) is 6.73. The molecule has 2 rings (SSSR count). The van der Waals surface area contributed by atoms with Gasteiger partial charge in [0.1, 0.15) is 0 Å². The highest BCUT2D eigenvalue weighted by Gasteiger charge is 2.30. The number of hydrogen-bond donors (Lipinski definition) is 0. The first-order valence-electron chi connectivity index (χ1n) is 9.30. The van der Waals surface area contributed by atoms with Crippen molar-refractivity contribution in [1.82, 2.24) is 0 Å². The predicted octanol–water partition coefficient (Wildman–Crippen LogP) is 5.61. The average Bonchev–Trinajstić information content (AvgIpc) is 2.90. The predicted molar refractivity (Wildman–Crippen MR) is 109 cm³/mol. The van der Waals surface area contributed by atoms with E-state index < -0.39 is 0 Å². The van der Waals surface area contributed by atoms with Gasteiger partial charge in [-0.1, -0.05) is 56.3 Å². The molecule has 0 unspecified atom stereocenters. The van der Waals surface area contributed by atoms with Gasteiger partial charge in [-0.15, -0.1) is 6.58 Å². The second-order valence-corrected chi connectivity index (χ2v) is 7.57. The smallest absolute Gasteiger partial charge is 0.339 e. The van der Waals surface area contributed by atoms with Gasteiger partial charge in [-0.25, -0.2) is 4.79 Å². The molecular formula is C24H28O3. The second kappa shape index (κ2) is 8.81. The van der Waals surface area contributed by atoms with Crippen LogP contribution in [0.4, 0.5) is 0 Å². The van der Waals surface area contributed by atoms with Crippen molar-refractivity contribution in [2.24, 2.45) is 5.41 Å². The number of hydrogen-bond acceptors (Lipinski definition) is 3. The molecule has 1 aromatic carbocycles. The van der Waals surface area contributed by atoms with Crippen molar-refractivity contribution in [1.29, 1.82) is 0 Å². The van der Waals surface area contributed by atoms with E-state index in [9.17, 15) is 9.59 Å². The summed E-state index contributed by atoms with van der Waals surface area (Å²) in [5.74, 6) is -0.496. The minimum absolute atomic E-state index is 0.0210. The van der Waals surface area contributed by atoms with E-state index in [-0.39, 0.29) is 17.2 Å². The number of ether oxygens (including phenoxy) is 1. The number of allylic oxidation sites excluding steroid dienone is 5. The topological polar surface area (TPSA) is 43.4 Å². The fourth-order valence-electron chi connectivity index (χ4n) is 3.36. The van der Waals surface area contributed by atoms with Gasteiger partial charge in [0, 0.05) is 5.56 Å². The van der Waals surface area contributed by atoms with Crippen LogP contribution >= 0.6 is 0 Å². The normalized spacial score (nSPS) is 15.7. The summed E-state index contributed by atoms with van der Waals surface area (Å²) in [7, 11) is 0. The van der Waals surface area contributed by atoms with Gasteiger partial charge >= 0.3 is 5.97 Å². The summed E-state index contributed by atoms with van der Waals surface area (Å²) in [5.41, 5.74) is 3.58. The zero-order valence-corrected chi connectivity index (χ0v) is 16.7. The Hall–Kier alpha value is -2.68. The van der Waals surface area contributed by atoms with Gasteiger partial charge in [-0.3, -0.25) is 4.79 Å². The van der Waals surface area contributed by atoms with Crippen LogP contribution in [0.25, 0.3) is 0 Å². The Labute approximate surface area is 162 Å². The highest BCUT2D eigenvalue weighted by atomic mass is 16.5. The summed E-state index contributed by atoms with van der Waals surface area (Å²) in [6.07, 6.45) is 7.07. The van der Waals surface area contributed by atoms with Crippen LogP contribution in [0.1, 0.15) is 50.9 Å². The van der Waals surface area contributed by atoms with Gasteiger partial charge in [0.2, 0.25) is 0 Å². The largest absolute Gasteiger partial charge is 0.462 e. The van der Waals surface area contributed by atoms with Crippen molar-refractivity contribution in [3.05, 3.63) is 83.0 Å². The third kappa shape index (κ3) is 5.16. The number of benzene rings is 1. The van der Waals surface area contributed by atoms with Crippen LogP contribution in [-0.2, 0) is 9.53 Å². The van der Waals surface area contributed by atoms with Gasteiger partial charge < -0.3 is 4.74 Å². The van der Waals surface area contributed by atoms with E-state index in [1.54, 1.807) is 25.1 Å². The molecule has 1 aliphatic rings. The molecule has 0 spiro atoms. The monoisotopic (exact) mass is 364 g/mol. The first-order chi connectivity index (χ1) is 12.8. The van der Waals surface area contributed by atoms with Gasteiger partial charge in [0.25, 0.3) is 0 Å². The van der Waals surface area contributed by atoms with E-state index in [1.807, 2.05) is 37.3 Å². The number of ketones is 1. The maximum Gasteiger partial charge on any atom is 0.339 e. The molecule has 0 radical (unpaired) electrons. The summed E-state index contributed by atoms with van der Waals surface area (Å²) in [6, 6.07) is 9.09. The lowest BCUT2D eigenvalue weighted by Gasteiger charge is -2.24. The minimum atomic E-state index is -0.380. The first-order valence-corrected chi connectivity index (χ1v) is 9.30. The molecule has 1 aliphatic carbocycles. The lowest BCUT2D eigenvalue weighted by Crippen LogP contribution is -2.15. The molecule has 0 aromatic heterocycles. The maximum atomic E-state index is 12.8. The summed E-state index contributed by atoms with van der Waals surface area (Å²) < 4.78 is 5.24. The van der Waals surface area contributed by atoms with Crippen LogP contribution in [0.3, 0.4) is 0 Å². The van der Waals surface area contributed by atoms with Crippen LogP contribution < -0.4 is 0 Å². The molecule has 3 heteroatoms. The Morgan fingerprint density at radius 3 is 2.44 bits per heavy atom. The lowest BCUT2D eigenvalue weighted by molar-refractivity contribution is -0.138. The Balaban J connectivity index is 2.44. The van der Waals surface area contributed by atoms with Crippen molar-refractivity contribution in [3.8, 4) is 0 Å². The molecule has 0 amide bonds. The summed E-state index contributed by atoms with van der Waals surface area (Å²) in [6.45, 7) is 12.1. The van der Waals surface area contributed by atoms with Gasteiger partial charge in [0.05, 0.1) is 12.2 Å². The SMILES string of the molecule is C=CCC(C)(C)CC1=CC(C)=C(C(=O)OCC)/C1=C\C(=O)c1ccccc1. The molecule has 142 valence electrons. The molecule has 27 heavy (non-hydrogen) atoms. The van der Waals surface area contributed by atoms with Gasteiger partial charge in [-0.2, -0.15) is 0 Å². The van der Waals surface area contributed by atoms with Gasteiger partial charge in [0.15, 0.2) is 5.78 Å². The molecule has 3 nitrogen and oxygen atoms in total. The molecule has 0 saturated carbocycles. The Morgan fingerprint density at radius 2 is 1.85 bits per heavy atom. The quantitative estimate of drug-likeness (QED) is 0.261. The van der Waals surface area contributed by atoms with Crippen LogP contribution in [0.2, 0.25) is 0 Å². The zero-order chi connectivity index (χ0) is 20.0. The molecule has 0 atom stereocenters. The van der Waals surface area contributed by atoms with E-state index in [0.717, 1.165) is 24.0 Å². The summed E-state index contributed by atoms with van der Waals surface area (Å²) in [5, 5.41) is 0. The highest BCUT2D eigenvalue weighted by Crippen LogP contribution is 2.40. The lowest BCUT2D eigenvalue weighted by atomic mass is 9.80. The third-order valence-electron chi connectivity index (χ3n) is 4.58. The number of esters is 1. The summed E-state index contributed by atoms with van der Waals surface area (Å²) in [4.78, 5) is 25.3. The van der Waals surface area contributed by atoms with Crippen molar-refractivity contribution in [2.45, 2.75) is 40.5 Å². The van der Waals surface area contributed by atoms with E-state index >= 15 is 0 Å². The molecule has 0 saturated heterocycles. The number of carbonyl (C=O) groups excluding carboxylic acids is 2. The Bertz CT molecular complexity index is 820. The molecule has 0 bridgehead atoms. The van der Waals surface area contributed by atoms with Crippen molar-refractivity contribution >= 4 is 11.8 Å². The molecule has 0 fully saturated rings. The van der Waals surface area contributed by atoms with Crippen LogP contribution in [0.15, 0.2) is 77.4 Å². The molecule has 0 heterocycles. The number of carbonyl (C=O) groups is 2. The van der Waals surface area contributed by atoms with E-state index in [2.05, 4.69) is 20.4 Å². The van der Waals surface area contributed by atoms with Crippen molar-refractivity contribution < 1.29 is 14.3 Å². The second-order valence-electron chi connectivity index (χ2n) is 7.57. The molecule has 1 aromatic rings. The van der Waals surface area contributed by atoms with Gasteiger partial charge in [-0.05, 0) is 54.9 Å². The van der Waals surface area contributed by atoms with Crippen LogP contribution in [-0.4, -0.2) is 18.4 Å². The fourth-order valence-corrected chi connectivity index (χ4v) is 3.36. The first kappa shape index (κ1) is 20.6. The summed E-state index contributed by atoms with van der Waals surface area (Å²) >= 11 is 0. The van der Waals surface area contributed by atoms with E-state index in [0.29, 0.717) is 23.3 Å². The molecule has 0 aliphatic heterocycles. The average molecular weight is 364 g/mol. The van der Waals surface area contributed by atoms with Crippen molar-refractivity contribution in [3.63, 3.8) is 0 Å². The standard InChI is InChI=1S/C24H28O3/c1-6-13-24(4,5)16-19-14-17(3)22(23(26)27-7-2)20(19)15-21(25)18-11-9-8-10-12-18/h6,8-12,14-15H,1,7,13,16H2,2-5H3/b20-15-. The van der Waals surface area contributed by atoms with E-state index in [4.69, 9.17) is 4.74 Å².